The predicted octanol–water partition coefficient (Wildman–Crippen LogP) is 3.68. The van der Waals surface area contributed by atoms with Crippen molar-refractivity contribution < 1.29 is 9.90 Å². The second kappa shape index (κ2) is 6.70. The maximum absolute atomic E-state index is 11.0. The summed E-state index contributed by atoms with van der Waals surface area (Å²) >= 11 is 2.30. The van der Waals surface area contributed by atoms with Crippen LogP contribution in [0.1, 0.15) is 44.2 Å². The summed E-state index contributed by atoms with van der Waals surface area (Å²) in [7, 11) is 0. The van der Waals surface area contributed by atoms with Gasteiger partial charge >= 0.3 is 5.97 Å². The van der Waals surface area contributed by atoms with Crippen molar-refractivity contribution in [3.63, 3.8) is 0 Å². The molecule has 1 N–H and O–H groups in total. The molecule has 2 rings (SSSR count). The highest BCUT2D eigenvalue weighted by atomic mass is 127. The number of aliphatic carboxylic acids is 1. The Morgan fingerprint density at radius 3 is 2.74 bits per heavy atom. The highest BCUT2D eigenvalue weighted by Crippen LogP contribution is 2.30. The summed E-state index contributed by atoms with van der Waals surface area (Å²) in [5, 5.41) is 9.04. The molecule has 2 atom stereocenters. The van der Waals surface area contributed by atoms with Crippen LogP contribution in [0, 0.1) is 3.57 Å². The van der Waals surface area contributed by atoms with Crippen LogP contribution in [-0.2, 0) is 4.79 Å². The highest BCUT2D eigenvalue weighted by Gasteiger charge is 2.28. The average molecular weight is 373 g/mol. The molecule has 0 aromatic heterocycles. The normalized spacial score (nSPS) is 22.1. The van der Waals surface area contributed by atoms with Crippen molar-refractivity contribution >= 4 is 28.6 Å². The van der Waals surface area contributed by atoms with E-state index in [1.54, 1.807) is 0 Å². The van der Waals surface area contributed by atoms with Gasteiger partial charge in [0, 0.05) is 15.7 Å². The predicted molar refractivity (Wildman–Crippen MR) is 84.2 cm³/mol. The molecule has 0 radical (unpaired) electrons. The van der Waals surface area contributed by atoms with Gasteiger partial charge in [0.15, 0.2) is 0 Å². The van der Waals surface area contributed by atoms with Gasteiger partial charge in [-0.3, -0.25) is 9.69 Å². The Balaban J connectivity index is 2.12. The van der Waals surface area contributed by atoms with Gasteiger partial charge in [0.25, 0.3) is 0 Å². The number of hydrogen-bond acceptors (Lipinski definition) is 2. The topological polar surface area (TPSA) is 40.5 Å². The quantitative estimate of drug-likeness (QED) is 0.819. The zero-order valence-electron chi connectivity index (χ0n) is 11.2. The lowest BCUT2D eigenvalue weighted by Gasteiger charge is -2.39. The van der Waals surface area contributed by atoms with Crippen LogP contribution in [0.15, 0.2) is 24.3 Å². The molecule has 1 aromatic rings. The maximum atomic E-state index is 11.0. The zero-order chi connectivity index (χ0) is 13.8. The van der Waals surface area contributed by atoms with Crippen molar-refractivity contribution in [2.45, 2.75) is 44.7 Å². The molecule has 3 nitrogen and oxygen atoms in total. The number of benzene rings is 1. The second-order valence-corrected chi connectivity index (χ2v) is 6.46. The smallest absolute Gasteiger partial charge is 0.304 e. The molecule has 1 fully saturated rings. The van der Waals surface area contributed by atoms with Gasteiger partial charge in [0.1, 0.15) is 0 Å². The van der Waals surface area contributed by atoms with Gasteiger partial charge in [-0.25, -0.2) is 0 Å². The minimum atomic E-state index is -0.688. The Kier molecular flexibility index (Phi) is 5.21. The first-order chi connectivity index (χ1) is 9.08. The number of carboxylic acid groups (broad SMARTS) is 1. The number of hydrogen-bond donors (Lipinski definition) is 1. The summed E-state index contributed by atoms with van der Waals surface area (Å²) in [4.78, 5) is 13.4. The van der Waals surface area contributed by atoms with Crippen LogP contribution in [-0.4, -0.2) is 28.6 Å². The van der Waals surface area contributed by atoms with Crippen LogP contribution in [0.2, 0.25) is 0 Å². The summed E-state index contributed by atoms with van der Waals surface area (Å²) < 4.78 is 1.23. The standard InChI is InChI=1S/C15H20INO2/c1-11(12-5-7-13(16)8-6-12)17-9-3-2-4-14(17)10-15(18)19/h5-8,11,14H,2-4,9-10H2,1H3,(H,18,19). The number of halogens is 1. The number of piperidine rings is 1. The number of nitrogens with zero attached hydrogens (tertiary/aromatic N) is 1. The largest absolute Gasteiger partial charge is 0.481 e. The minimum absolute atomic E-state index is 0.181. The maximum Gasteiger partial charge on any atom is 0.304 e. The first kappa shape index (κ1) is 14.8. The molecular formula is C15H20INO2. The fourth-order valence-corrected chi connectivity index (χ4v) is 3.25. The van der Waals surface area contributed by atoms with Crippen LogP contribution in [0.5, 0.6) is 0 Å². The second-order valence-electron chi connectivity index (χ2n) is 5.21. The van der Waals surface area contributed by atoms with E-state index in [0.29, 0.717) is 6.04 Å². The Hall–Kier alpha value is -0.620. The third kappa shape index (κ3) is 3.92. The van der Waals surface area contributed by atoms with Crippen LogP contribution in [0.3, 0.4) is 0 Å². The van der Waals surface area contributed by atoms with Crippen LogP contribution in [0.25, 0.3) is 0 Å². The Morgan fingerprint density at radius 1 is 1.42 bits per heavy atom. The molecule has 104 valence electrons. The van der Waals surface area contributed by atoms with Gasteiger partial charge in [-0.05, 0) is 66.6 Å². The molecule has 0 spiro atoms. The van der Waals surface area contributed by atoms with E-state index in [1.165, 1.54) is 15.6 Å². The van der Waals surface area contributed by atoms with Crippen LogP contribution in [0.4, 0.5) is 0 Å². The van der Waals surface area contributed by atoms with Gasteiger partial charge in [0.2, 0.25) is 0 Å². The molecule has 0 saturated carbocycles. The molecule has 0 amide bonds. The molecule has 1 saturated heterocycles. The Labute approximate surface area is 128 Å². The molecule has 0 bridgehead atoms. The molecule has 1 aromatic carbocycles. The monoisotopic (exact) mass is 373 g/mol. The van der Waals surface area contributed by atoms with Crippen molar-refractivity contribution in [1.82, 2.24) is 4.90 Å². The van der Waals surface area contributed by atoms with E-state index in [0.717, 1.165) is 19.4 Å². The zero-order valence-corrected chi connectivity index (χ0v) is 13.3. The number of carbonyl (C=O) groups is 1. The SMILES string of the molecule is CC(c1ccc(I)cc1)N1CCCCC1CC(=O)O. The lowest BCUT2D eigenvalue weighted by Crippen LogP contribution is -2.42. The van der Waals surface area contributed by atoms with Gasteiger partial charge in [-0.1, -0.05) is 18.6 Å². The molecular weight excluding hydrogens is 353 g/mol. The first-order valence-electron chi connectivity index (χ1n) is 6.81. The van der Waals surface area contributed by atoms with Crippen molar-refractivity contribution in [3.05, 3.63) is 33.4 Å². The van der Waals surface area contributed by atoms with Crippen molar-refractivity contribution in [2.75, 3.05) is 6.54 Å². The number of likely N-dealkylation sites (tertiary alicyclic amines) is 1. The highest BCUT2D eigenvalue weighted by molar-refractivity contribution is 14.1. The Morgan fingerprint density at radius 2 is 2.11 bits per heavy atom. The average Bonchev–Trinajstić information content (AvgIpc) is 2.39. The minimum Gasteiger partial charge on any atom is -0.481 e. The van der Waals surface area contributed by atoms with E-state index in [4.69, 9.17) is 5.11 Å². The molecule has 0 aliphatic carbocycles. The fourth-order valence-electron chi connectivity index (χ4n) is 2.89. The summed E-state index contributed by atoms with van der Waals surface area (Å²) in [6.45, 7) is 3.19. The van der Waals surface area contributed by atoms with E-state index in [2.05, 4.69) is 58.7 Å². The van der Waals surface area contributed by atoms with E-state index >= 15 is 0 Å². The summed E-state index contributed by atoms with van der Waals surface area (Å²) in [6.07, 6.45) is 3.58. The summed E-state index contributed by atoms with van der Waals surface area (Å²) in [6, 6.07) is 9.00. The van der Waals surface area contributed by atoms with Gasteiger partial charge in [0.05, 0.1) is 6.42 Å². The third-order valence-electron chi connectivity index (χ3n) is 3.93. The van der Waals surface area contributed by atoms with Crippen molar-refractivity contribution in [2.24, 2.45) is 0 Å². The number of carboxylic acids is 1. The van der Waals surface area contributed by atoms with Crippen molar-refractivity contribution in [3.8, 4) is 0 Å². The van der Waals surface area contributed by atoms with Crippen LogP contribution >= 0.6 is 22.6 Å². The van der Waals surface area contributed by atoms with Gasteiger partial charge in [-0.15, -0.1) is 0 Å². The first-order valence-corrected chi connectivity index (χ1v) is 7.89. The van der Waals surface area contributed by atoms with Gasteiger partial charge in [-0.2, -0.15) is 0 Å². The van der Waals surface area contributed by atoms with Crippen LogP contribution < -0.4 is 0 Å². The molecule has 1 aliphatic rings. The summed E-state index contributed by atoms with van der Waals surface area (Å²) in [5.41, 5.74) is 1.28. The number of rotatable bonds is 4. The van der Waals surface area contributed by atoms with E-state index in [-0.39, 0.29) is 12.5 Å². The molecule has 19 heavy (non-hydrogen) atoms. The summed E-state index contributed by atoms with van der Waals surface area (Å²) in [5.74, 6) is -0.688. The van der Waals surface area contributed by atoms with E-state index < -0.39 is 5.97 Å². The molecule has 1 heterocycles. The fraction of sp³-hybridized carbons (Fsp3) is 0.533. The Bertz CT molecular complexity index is 432. The lowest BCUT2D eigenvalue weighted by atomic mass is 9.95. The van der Waals surface area contributed by atoms with E-state index in [1.807, 2.05) is 0 Å². The third-order valence-corrected chi connectivity index (χ3v) is 4.65. The lowest BCUT2D eigenvalue weighted by molar-refractivity contribution is -0.139. The molecule has 4 heteroatoms. The molecule has 2 unspecified atom stereocenters. The van der Waals surface area contributed by atoms with E-state index in [9.17, 15) is 4.79 Å². The van der Waals surface area contributed by atoms with Gasteiger partial charge < -0.3 is 5.11 Å². The molecule has 1 aliphatic heterocycles. The van der Waals surface area contributed by atoms with Crippen molar-refractivity contribution in [1.29, 1.82) is 0 Å².